The van der Waals surface area contributed by atoms with E-state index >= 15 is 0 Å². The van der Waals surface area contributed by atoms with Gasteiger partial charge in [0.15, 0.2) is 0 Å². The first-order valence-corrected chi connectivity index (χ1v) is 10.0. The Hall–Kier alpha value is -3.40. The van der Waals surface area contributed by atoms with Crippen LogP contribution in [0.5, 0.6) is 0 Å². The topological polar surface area (TPSA) is 37.6 Å². The fourth-order valence-corrected chi connectivity index (χ4v) is 4.09. The number of imidazole rings is 1. The van der Waals surface area contributed by atoms with Crippen LogP contribution in [-0.2, 0) is 13.0 Å². The Kier molecular flexibility index (Phi) is 4.20. The SMILES string of the molecule is Cc1ccc(-c2nc3ccc(C)cn3c2C(=O)N2CCc3ccccc3C2)cc1. The highest BCUT2D eigenvalue weighted by Crippen LogP contribution is 2.28. The third-order valence-electron chi connectivity index (χ3n) is 5.71. The Bertz CT molecular complexity index is 1220. The molecule has 5 rings (SSSR count). The minimum atomic E-state index is 0.0354. The Morgan fingerprint density at radius 3 is 2.41 bits per heavy atom. The van der Waals surface area contributed by atoms with E-state index in [1.54, 1.807) is 0 Å². The Balaban J connectivity index is 1.63. The van der Waals surface area contributed by atoms with Crippen molar-refractivity contribution in [1.82, 2.24) is 14.3 Å². The molecule has 4 aromatic rings. The number of hydrogen-bond donors (Lipinski definition) is 0. The van der Waals surface area contributed by atoms with E-state index in [0.717, 1.165) is 35.4 Å². The molecule has 4 heteroatoms. The molecule has 2 aromatic heterocycles. The number of aromatic nitrogens is 2. The molecular weight excluding hydrogens is 358 g/mol. The molecule has 0 N–H and O–H groups in total. The lowest BCUT2D eigenvalue weighted by atomic mass is 9.99. The Labute approximate surface area is 170 Å². The van der Waals surface area contributed by atoms with Gasteiger partial charge in [-0.25, -0.2) is 4.98 Å². The van der Waals surface area contributed by atoms with E-state index in [0.29, 0.717) is 12.2 Å². The van der Waals surface area contributed by atoms with Gasteiger partial charge in [-0.1, -0.05) is 60.2 Å². The van der Waals surface area contributed by atoms with E-state index in [-0.39, 0.29) is 5.91 Å². The van der Waals surface area contributed by atoms with Gasteiger partial charge in [0.1, 0.15) is 17.0 Å². The van der Waals surface area contributed by atoms with Gasteiger partial charge in [0.05, 0.1) is 0 Å². The molecule has 0 bridgehead atoms. The lowest BCUT2D eigenvalue weighted by molar-refractivity contribution is 0.0728. The molecule has 0 aliphatic carbocycles. The molecule has 144 valence electrons. The highest BCUT2D eigenvalue weighted by Gasteiger charge is 2.27. The first kappa shape index (κ1) is 17.7. The number of benzene rings is 2. The number of fused-ring (bicyclic) bond motifs is 2. The normalized spacial score (nSPS) is 13.5. The molecule has 0 atom stereocenters. The van der Waals surface area contributed by atoms with Gasteiger partial charge in [0, 0.05) is 24.8 Å². The molecule has 1 aliphatic heterocycles. The van der Waals surface area contributed by atoms with Crippen molar-refractivity contribution in [2.24, 2.45) is 0 Å². The highest BCUT2D eigenvalue weighted by atomic mass is 16.2. The summed E-state index contributed by atoms with van der Waals surface area (Å²) >= 11 is 0. The summed E-state index contributed by atoms with van der Waals surface area (Å²) < 4.78 is 1.95. The molecule has 1 amide bonds. The lowest BCUT2D eigenvalue weighted by Gasteiger charge is -2.29. The number of nitrogens with zero attached hydrogens (tertiary/aromatic N) is 3. The molecule has 0 saturated carbocycles. The average molecular weight is 381 g/mol. The number of rotatable bonds is 2. The fraction of sp³-hybridized carbons (Fsp3) is 0.200. The number of amides is 1. The maximum absolute atomic E-state index is 13.7. The molecule has 0 saturated heterocycles. The van der Waals surface area contributed by atoms with Crippen LogP contribution in [0.1, 0.15) is 32.7 Å². The summed E-state index contributed by atoms with van der Waals surface area (Å²) in [4.78, 5) is 20.5. The summed E-state index contributed by atoms with van der Waals surface area (Å²) in [5.74, 6) is 0.0354. The van der Waals surface area contributed by atoms with Crippen LogP contribution < -0.4 is 0 Å². The van der Waals surface area contributed by atoms with E-state index in [1.807, 2.05) is 52.8 Å². The summed E-state index contributed by atoms with van der Waals surface area (Å²) in [7, 11) is 0. The van der Waals surface area contributed by atoms with Crippen LogP contribution in [0.15, 0.2) is 66.9 Å². The molecule has 0 spiro atoms. The summed E-state index contributed by atoms with van der Waals surface area (Å²) in [6, 6.07) is 20.6. The zero-order valence-electron chi connectivity index (χ0n) is 16.7. The monoisotopic (exact) mass is 381 g/mol. The van der Waals surface area contributed by atoms with Crippen LogP contribution in [-0.4, -0.2) is 26.7 Å². The van der Waals surface area contributed by atoms with Crippen molar-refractivity contribution in [2.75, 3.05) is 6.54 Å². The van der Waals surface area contributed by atoms with Crippen LogP contribution in [0, 0.1) is 13.8 Å². The second-order valence-electron chi connectivity index (χ2n) is 7.86. The maximum atomic E-state index is 13.7. The first-order valence-electron chi connectivity index (χ1n) is 10.0. The van der Waals surface area contributed by atoms with Gasteiger partial charge in [0.25, 0.3) is 5.91 Å². The van der Waals surface area contributed by atoms with Crippen LogP contribution in [0.4, 0.5) is 0 Å². The van der Waals surface area contributed by atoms with Gasteiger partial charge >= 0.3 is 0 Å². The fourth-order valence-electron chi connectivity index (χ4n) is 4.09. The van der Waals surface area contributed by atoms with Crippen molar-refractivity contribution in [3.8, 4) is 11.3 Å². The van der Waals surface area contributed by atoms with Crippen molar-refractivity contribution in [3.05, 3.63) is 94.8 Å². The second kappa shape index (κ2) is 6.89. The van der Waals surface area contributed by atoms with E-state index in [2.05, 4.69) is 37.3 Å². The van der Waals surface area contributed by atoms with Gasteiger partial charge in [-0.3, -0.25) is 9.20 Å². The summed E-state index contributed by atoms with van der Waals surface area (Å²) in [5, 5.41) is 0. The summed E-state index contributed by atoms with van der Waals surface area (Å²) in [6.45, 7) is 5.47. The summed E-state index contributed by atoms with van der Waals surface area (Å²) in [5.41, 5.74) is 8.02. The minimum absolute atomic E-state index is 0.0354. The molecule has 3 heterocycles. The van der Waals surface area contributed by atoms with Crippen molar-refractivity contribution in [1.29, 1.82) is 0 Å². The standard InChI is InChI=1S/C25H23N3O/c1-17-7-10-20(11-8-17)23-24(28-15-18(2)9-12-22(28)26-23)25(29)27-14-13-19-5-3-4-6-21(19)16-27/h3-12,15H,13-14,16H2,1-2H3. The number of hydrogen-bond acceptors (Lipinski definition) is 2. The molecule has 1 aliphatic rings. The molecular formula is C25H23N3O. The van der Waals surface area contributed by atoms with Gasteiger partial charge < -0.3 is 4.90 Å². The van der Waals surface area contributed by atoms with E-state index < -0.39 is 0 Å². The number of carbonyl (C=O) groups excluding carboxylic acids is 1. The van der Waals surface area contributed by atoms with Crippen LogP contribution in [0.25, 0.3) is 16.9 Å². The molecule has 29 heavy (non-hydrogen) atoms. The largest absolute Gasteiger partial charge is 0.333 e. The molecule has 2 aromatic carbocycles. The van der Waals surface area contributed by atoms with Crippen LogP contribution in [0.2, 0.25) is 0 Å². The maximum Gasteiger partial charge on any atom is 0.273 e. The van der Waals surface area contributed by atoms with Gasteiger partial charge in [-0.05, 0) is 43.0 Å². The molecule has 0 unspecified atom stereocenters. The second-order valence-corrected chi connectivity index (χ2v) is 7.86. The zero-order valence-corrected chi connectivity index (χ0v) is 16.7. The first-order chi connectivity index (χ1) is 14.1. The quantitative estimate of drug-likeness (QED) is 0.499. The van der Waals surface area contributed by atoms with E-state index in [9.17, 15) is 4.79 Å². The number of carbonyl (C=O) groups is 1. The van der Waals surface area contributed by atoms with Gasteiger partial charge in [0.2, 0.25) is 0 Å². The highest BCUT2D eigenvalue weighted by molar-refractivity contribution is 5.99. The van der Waals surface area contributed by atoms with E-state index in [1.165, 1.54) is 16.7 Å². The molecule has 0 fully saturated rings. The van der Waals surface area contributed by atoms with E-state index in [4.69, 9.17) is 4.98 Å². The lowest BCUT2D eigenvalue weighted by Crippen LogP contribution is -2.36. The van der Waals surface area contributed by atoms with Crippen molar-refractivity contribution >= 4 is 11.6 Å². The van der Waals surface area contributed by atoms with Gasteiger partial charge in [-0.15, -0.1) is 0 Å². The van der Waals surface area contributed by atoms with Crippen LogP contribution >= 0.6 is 0 Å². The number of pyridine rings is 1. The predicted molar refractivity (Wildman–Crippen MR) is 115 cm³/mol. The third kappa shape index (κ3) is 3.11. The smallest absolute Gasteiger partial charge is 0.273 e. The Morgan fingerprint density at radius 2 is 1.62 bits per heavy atom. The molecule has 0 radical (unpaired) electrons. The van der Waals surface area contributed by atoms with Crippen molar-refractivity contribution < 1.29 is 4.79 Å². The van der Waals surface area contributed by atoms with Crippen molar-refractivity contribution in [3.63, 3.8) is 0 Å². The average Bonchev–Trinajstić information content (AvgIpc) is 3.12. The predicted octanol–water partition coefficient (Wildman–Crippen LogP) is 4.82. The number of aryl methyl sites for hydroxylation is 2. The summed E-state index contributed by atoms with van der Waals surface area (Å²) in [6.07, 6.45) is 2.89. The van der Waals surface area contributed by atoms with Gasteiger partial charge in [-0.2, -0.15) is 0 Å². The van der Waals surface area contributed by atoms with Crippen molar-refractivity contribution in [2.45, 2.75) is 26.8 Å². The zero-order chi connectivity index (χ0) is 20.0. The van der Waals surface area contributed by atoms with Crippen LogP contribution in [0.3, 0.4) is 0 Å². The Morgan fingerprint density at radius 1 is 0.897 bits per heavy atom. The minimum Gasteiger partial charge on any atom is -0.333 e. The molecule has 4 nitrogen and oxygen atoms in total. The third-order valence-corrected chi connectivity index (χ3v) is 5.71.